The Balaban J connectivity index is 2.25. The third-order valence-electron chi connectivity index (χ3n) is 2.30. The minimum Gasteiger partial charge on any atom is -0.481 e. The fraction of sp³-hybridized carbons (Fsp3) is 0.417. The zero-order valence-electron chi connectivity index (χ0n) is 8.60. The van der Waals surface area contributed by atoms with E-state index >= 15 is 0 Å². The highest BCUT2D eigenvalue weighted by molar-refractivity contribution is 5.66. The van der Waals surface area contributed by atoms with E-state index in [0.717, 1.165) is 12.0 Å². The molecule has 3 heteroatoms. The highest BCUT2D eigenvalue weighted by Crippen LogP contribution is 2.18. The van der Waals surface area contributed by atoms with E-state index in [9.17, 15) is 9.90 Å². The van der Waals surface area contributed by atoms with E-state index < -0.39 is 12.1 Å². The number of carbonyl (C=O) groups is 1. The Morgan fingerprint density at radius 1 is 1.20 bits per heavy atom. The first-order valence-corrected chi connectivity index (χ1v) is 5.15. The highest BCUT2D eigenvalue weighted by Gasteiger charge is 2.06. The fourth-order valence-electron chi connectivity index (χ4n) is 1.46. The van der Waals surface area contributed by atoms with Crippen LogP contribution < -0.4 is 0 Å². The van der Waals surface area contributed by atoms with E-state index in [2.05, 4.69) is 0 Å². The molecule has 0 aromatic heterocycles. The number of unbranched alkanes of at least 4 members (excludes halogenated alkanes) is 1. The van der Waals surface area contributed by atoms with Crippen molar-refractivity contribution in [3.63, 3.8) is 0 Å². The lowest BCUT2D eigenvalue weighted by Crippen LogP contribution is -1.99. The van der Waals surface area contributed by atoms with Crippen LogP contribution in [-0.2, 0) is 4.79 Å². The molecule has 0 aliphatic heterocycles. The molecule has 0 bridgehead atoms. The van der Waals surface area contributed by atoms with Gasteiger partial charge in [-0.05, 0) is 24.8 Å². The van der Waals surface area contributed by atoms with Gasteiger partial charge in [0.15, 0.2) is 0 Å². The predicted molar refractivity (Wildman–Crippen MR) is 57.5 cm³/mol. The molecule has 15 heavy (non-hydrogen) atoms. The zero-order valence-corrected chi connectivity index (χ0v) is 8.60. The summed E-state index contributed by atoms with van der Waals surface area (Å²) in [6.07, 6.45) is 1.69. The van der Waals surface area contributed by atoms with E-state index in [1.54, 1.807) is 0 Å². The first-order valence-electron chi connectivity index (χ1n) is 5.15. The van der Waals surface area contributed by atoms with Gasteiger partial charge in [-0.1, -0.05) is 30.3 Å². The third-order valence-corrected chi connectivity index (χ3v) is 2.30. The fourth-order valence-corrected chi connectivity index (χ4v) is 1.46. The minimum atomic E-state index is -0.774. The number of hydrogen-bond donors (Lipinski definition) is 2. The van der Waals surface area contributed by atoms with Crippen molar-refractivity contribution >= 4 is 5.97 Å². The van der Waals surface area contributed by atoms with Gasteiger partial charge in [0.2, 0.25) is 0 Å². The summed E-state index contributed by atoms with van der Waals surface area (Å²) in [4.78, 5) is 10.3. The van der Waals surface area contributed by atoms with Crippen molar-refractivity contribution in [3.8, 4) is 0 Å². The Labute approximate surface area is 89.4 Å². The quantitative estimate of drug-likeness (QED) is 0.705. The van der Waals surface area contributed by atoms with Gasteiger partial charge in [0, 0.05) is 6.42 Å². The largest absolute Gasteiger partial charge is 0.481 e. The lowest BCUT2D eigenvalue weighted by Gasteiger charge is -2.09. The Morgan fingerprint density at radius 2 is 1.87 bits per heavy atom. The number of rotatable bonds is 6. The highest BCUT2D eigenvalue weighted by atomic mass is 16.4. The lowest BCUT2D eigenvalue weighted by molar-refractivity contribution is -0.137. The summed E-state index contributed by atoms with van der Waals surface area (Å²) < 4.78 is 0. The van der Waals surface area contributed by atoms with Crippen molar-refractivity contribution in [2.75, 3.05) is 0 Å². The maximum Gasteiger partial charge on any atom is 0.303 e. The molecule has 0 radical (unpaired) electrons. The Bertz CT molecular complexity index is 295. The van der Waals surface area contributed by atoms with Gasteiger partial charge in [-0.25, -0.2) is 0 Å². The molecular formula is C12H16O3. The maximum absolute atomic E-state index is 10.3. The van der Waals surface area contributed by atoms with Gasteiger partial charge in [0.05, 0.1) is 6.10 Å². The molecule has 0 fully saturated rings. The summed E-state index contributed by atoms with van der Waals surface area (Å²) in [5, 5.41) is 18.2. The van der Waals surface area contributed by atoms with Crippen molar-refractivity contribution in [1.82, 2.24) is 0 Å². The molecule has 1 aromatic carbocycles. The normalized spacial score (nSPS) is 12.3. The van der Waals surface area contributed by atoms with Crippen LogP contribution in [0.4, 0.5) is 0 Å². The van der Waals surface area contributed by atoms with Crippen molar-refractivity contribution in [3.05, 3.63) is 35.9 Å². The van der Waals surface area contributed by atoms with Gasteiger partial charge in [-0.15, -0.1) is 0 Å². The van der Waals surface area contributed by atoms with Crippen LogP contribution in [0.3, 0.4) is 0 Å². The van der Waals surface area contributed by atoms with Crippen molar-refractivity contribution in [2.24, 2.45) is 0 Å². The number of hydrogen-bond acceptors (Lipinski definition) is 2. The monoisotopic (exact) mass is 208 g/mol. The minimum absolute atomic E-state index is 0.182. The predicted octanol–water partition coefficient (Wildman–Crippen LogP) is 2.37. The van der Waals surface area contributed by atoms with Crippen LogP contribution in [0.1, 0.15) is 37.4 Å². The van der Waals surface area contributed by atoms with Gasteiger partial charge < -0.3 is 10.2 Å². The summed E-state index contributed by atoms with van der Waals surface area (Å²) in [5.74, 6) is -0.774. The number of carboxylic acid groups (broad SMARTS) is 1. The van der Waals surface area contributed by atoms with Crippen LogP contribution >= 0.6 is 0 Å². The first kappa shape index (κ1) is 11.7. The van der Waals surface area contributed by atoms with Gasteiger partial charge in [0.25, 0.3) is 0 Å². The second-order valence-electron chi connectivity index (χ2n) is 3.57. The molecule has 0 amide bonds. The van der Waals surface area contributed by atoms with Gasteiger partial charge in [-0.3, -0.25) is 4.79 Å². The van der Waals surface area contributed by atoms with E-state index in [-0.39, 0.29) is 6.42 Å². The molecule has 2 N–H and O–H groups in total. The smallest absolute Gasteiger partial charge is 0.303 e. The molecule has 1 aromatic rings. The van der Waals surface area contributed by atoms with Gasteiger partial charge in [-0.2, -0.15) is 0 Å². The van der Waals surface area contributed by atoms with Crippen molar-refractivity contribution in [1.29, 1.82) is 0 Å². The van der Waals surface area contributed by atoms with Crippen LogP contribution in [0.5, 0.6) is 0 Å². The summed E-state index contributed by atoms with van der Waals surface area (Å²) in [6.45, 7) is 0. The SMILES string of the molecule is O=C(O)CCCC[C@@H](O)c1ccccc1. The maximum atomic E-state index is 10.3. The standard InChI is InChI=1S/C12H16O3/c13-11(8-4-5-9-12(14)15)10-6-2-1-3-7-10/h1-3,6-7,11,13H,4-5,8-9H2,(H,14,15)/t11-/m1/s1. The van der Waals surface area contributed by atoms with E-state index in [1.165, 1.54) is 0 Å². The first-order chi connectivity index (χ1) is 7.20. The van der Waals surface area contributed by atoms with Crippen LogP contribution in [-0.4, -0.2) is 16.2 Å². The van der Waals surface area contributed by atoms with Crippen LogP contribution in [0.25, 0.3) is 0 Å². The van der Waals surface area contributed by atoms with E-state index in [1.807, 2.05) is 30.3 Å². The zero-order chi connectivity index (χ0) is 11.1. The second-order valence-corrected chi connectivity index (χ2v) is 3.57. The molecule has 1 atom stereocenters. The van der Waals surface area contributed by atoms with Gasteiger partial charge in [0.1, 0.15) is 0 Å². The summed E-state index contributed by atoms with van der Waals surface area (Å²) >= 11 is 0. The molecule has 3 nitrogen and oxygen atoms in total. The van der Waals surface area contributed by atoms with Crippen molar-refractivity contribution < 1.29 is 15.0 Å². The molecule has 0 spiro atoms. The van der Waals surface area contributed by atoms with Gasteiger partial charge >= 0.3 is 5.97 Å². The van der Waals surface area contributed by atoms with E-state index in [4.69, 9.17) is 5.11 Å². The average Bonchev–Trinajstić information content (AvgIpc) is 2.25. The number of benzene rings is 1. The molecule has 82 valence electrons. The van der Waals surface area contributed by atoms with E-state index in [0.29, 0.717) is 12.8 Å². The summed E-state index contributed by atoms with van der Waals surface area (Å²) in [6, 6.07) is 9.43. The van der Waals surface area contributed by atoms with Crippen LogP contribution in [0, 0.1) is 0 Å². The van der Waals surface area contributed by atoms with Crippen LogP contribution in [0.15, 0.2) is 30.3 Å². The number of carboxylic acids is 1. The average molecular weight is 208 g/mol. The topological polar surface area (TPSA) is 57.5 Å². The third kappa shape index (κ3) is 4.61. The molecule has 0 saturated carbocycles. The molecule has 0 saturated heterocycles. The Morgan fingerprint density at radius 3 is 2.47 bits per heavy atom. The second kappa shape index (κ2) is 6.19. The number of aliphatic carboxylic acids is 1. The Kier molecular flexibility index (Phi) is 4.84. The Hall–Kier alpha value is -1.35. The molecule has 0 aliphatic carbocycles. The summed E-state index contributed by atoms with van der Waals surface area (Å²) in [5.41, 5.74) is 0.896. The molecule has 0 unspecified atom stereocenters. The molecule has 1 rings (SSSR count). The van der Waals surface area contributed by atoms with Crippen molar-refractivity contribution in [2.45, 2.75) is 31.8 Å². The molecule has 0 heterocycles. The number of aliphatic hydroxyl groups excluding tert-OH is 1. The molecular weight excluding hydrogens is 192 g/mol. The molecule has 0 aliphatic rings. The van der Waals surface area contributed by atoms with Crippen LogP contribution in [0.2, 0.25) is 0 Å². The summed E-state index contributed by atoms with van der Waals surface area (Å²) in [7, 11) is 0. The lowest BCUT2D eigenvalue weighted by atomic mass is 10.0. The number of aliphatic hydroxyl groups is 1.